The summed E-state index contributed by atoms with van der Waals surface area (Å²) in [4.78, 5) is 30.3. The molecule has 0 fully saturated rings. The van der Waals surface area contributed by atoms with Crippen molar-refractivity contribution in [2.45, 2.75) is 75.4 Å². The fourth-order valence-corrected chi connectivity index (χ4v) is 5.70. The zero-order valence-electron chi connectivity index (χ0n) is 25.4. The Morgan fingerprint density at radius 3 is 1.74 bits per heavy atom. The minimum absolute atomic E-state index is 0.00141. The van der Waals surface area contributed by atoms with E-state index in [1.165, 1.54) is 18.3 Å². The Balaban J connectivity index is 0.000000254. The Bertz CT molecular complexity index is 1650. The molecule has 3 atom stereocenters. The summed E-state index contributed by atoms with van der Waals surface area (Å²) in [6.45, 7) is 23.2. The van der Waals surface area contributed by atoms with Crippen LogP contribution in [-0.2, 0) is 21.9 Å². The topological polar surface area (TPSA) is 116 Å². The van der Waals surface area contributed by atoms with E-state index < -0.39 is 65.8 Å². The first-order valence-electron chi connectivity index (χ1n) is 13.6. The van der Waals surface area contributed by atoms with Crippen molar-refractivity contribution in [3.63, 3.8) is 0 Å². The Kier molecular flexibility index (Phi) is 10.0. The summed E-state index contributed by atoms with van der Waals surface area (Å²) in [6.07, 6.45) is -7.02. The molecule has 17 heteroatoms. The fourth-order valence-electron chi connectivity index (χ4n) is 4.29. The molecule has 10 nitrogen and oxygen atoms in total. The molecule has 46 heavy (non-hydrogen) atoms. The quantitative estimate of drug-likeness (QED) is 0.171. The number of amides is 2. The van der Waals surface area contributed by atoms with Crippen LogP contribution < -0.4 is 16.1 Å². The minimum Gasteiger partial charge on any atom is -0.324 e. The number of carbonyl (C=O) groups is 2. The molecule has 4 rings (SSSR count). The maximum Gasteiger partial charge on any atom is 0.407 e. The van der Waals surface area contributed by atoms with E-state index in [0.29, 0.717) is 12.8 Å². The van der Waals surface area contributed by atoms with Gasteiger partial charge in [0.1, 0.15) is 5.54 Å². The van der Waals surface area contributed by atoms with Gasteiger partial charge in [-0.1, -0.05) is 31.8 Å². The highest BCUT2D eigenvalue weighted by molar-refractivity contribution is 6.77. The minimum atomic E-state index is -4.67. The van der Waals surface area contributed by atoms with E-state index in [9.17, 15) is 35.9 Å². The van der Waals surface area contributed by atoms with Gasteiger partial charge in [0.2, 0.25) is 0 Å². The van der Waals surface area contributed by atoms with Crippen molar-refractivity contribution in [1.29, 1.82) is 0 Å². The maximum absolute atomic E-state index is 13.0. The molecule has 3 unspecified atom stereocenters. The summed E-state index contributed by atoms with van der Waals surface area (Å²) in [6, 6.07) is 6.16. The summed E-state index contributed by atoms with van der Waals surface area (Å²) in [7, 11) is -1.62. The van der Waals surface area contributed by atoms with Crippen molar-refractivity contribution in [2.24, 2.45) is 15.3 Å². The van der Waals surface area contributed by atoms with Crippen molar-refractivity contribution < 1.29 is 35.9 Å². The smallest absolute Gasteiger partial charge is 0.324 e. The third-order valence-electron chi connectivity index (χ3n) is 7.26. The lowest BCUT2D eigenvalue weighted by atomic mass is 9.98. The number of rotatable bonds is 5. The van der Waals surface area contributed by atoms with Gasteiger partial charge in [-0.3, -0.25) is 15.0 Å². The predicted octanol–water partition coefficient (Wildman–Crippen LogP) is 7.99. The lowest BCUT2D eigenvalue weighted by Crippen LogP contribution is -2.47. The van der Waals surface area contributed by atoms with Crippen LogP contribution in [0.15, 0.2) is 51.7 Å². The second kappa shape index (κ2) is 12.9. The van der Waals surface area contributed by atoms with Crippen LogP contribution in [0.4, 0.5) is 49.1 Å². The maximum atomic E-state index is 13.0. The Hall–Kier alpha value is -4.77. The third-order valence-corrected chi connectivity index (χ3v) is 9.58. The van der Waals surface area contributed by atoms with Crippen LogP contribution in [0.2, 0.25) is 19.6 Å². The molecular formula is C29H30F6N8O2Si. The number of alkyl halides is 6. The van der Waals surface area contributed by atoms with Gasteiger partial charge in [0.05, 0.1) is 38.0 Å². The number of anilines is 2. The third kappa shape index (κ3) is 8.28. The average Bonchev–Trinajstić information content (AvgIpc) is 3.60. The number of carbonyl (C=O) groups excluding carboxylic acids is 2. The van der Waals surface area contributed by atoms with E-state index in [4.69, 9.17) is 13.1 Å². The van der Waals surface area contributed by atoms with Crippen LogP contribution in [0, 0.1) is 13.1 Å². The number of benzene rings is 2. The second-order valence-electron chi connectivity index (χ2n) is 12.1. The normalized spacial score (nSPS) is 22.2. The molecule has 2 aromatic carbocycles. The highest BCUT2D eigenvalue weighted by atomic mass is 28.3. The van der Waals surface area contributed by atoms with Gasteiger partial charge in [0.25, 0.3) is 11.8 Å². The lowest BCUT2D eigenvalue weighted by Gasteiger charge is -2.24. The first-order chi connectivity index (χ1) is 21.1. The van der Waals surface area contributed by atoms with Crippen molar-refractivity contribution >= 4 is 48.9 Å². The van der Waals surface area contributed by atoms with Crippen molar-refractivity contribution in [2.75, 3.05) is 10.6 Å². The molecule has 2 aliphatic rings. The molecule has 244 valence electrons. The second-order valence-corrected chi connectivity index (χ2v) is 17.5. The van der Waals surface area contributed by atoms with Gasteiger partial charge in [0.15, 0.2) is 16.9 Å². The van der Waals surface area contributed by atoms with E-state index >= 15 is 0 Å². The zero-order chi connectivity index (χ0) is 34.7. The van der Waals surface area contributed by atoms with Gasteiger partial charge >= 0.3 is 12.4 Å². The molecule has 0 radical (unpaired) electrons. The highest BCUT2D eigenvalue weighted by Crippen LogP contribution is 2.40. The molecule has 0 spiro atoms. The van der Waals surface area contributed by atoms with E-state index in [-0.39, 0.29) is 17.0 Å². The first kappa shape index (κ1) is 35.7. The number of halogens is 6. The van der Waals surface area contributed by atoms with Gasteiger partial charge in [-0.25, -0.2) is 9.69 Å². The Labute approximate surface area is 262 Å². The number of nitrogens with one attached hydrogen (secondary N) is 3. The molecule has 2 aliphatic heterocycles. The highest BCUT2D eigenvalue weighted by Gasteiger charge is 2.45. The van der Waals surface area contributed by atoms with Crippen LogP contribution in [0.1, 0.15) is 37.8 Å². The standard InChI is InChI=1S/C16H19F3N4OSi.C13H11F3N4O/c1-15(9-13(22-23-15)25(3,4)5)14(24)21-10-6-7-12(20-2)11(8-10)16(17,18)19;1-12(5-6-18-20-12)11(21)19-8-3-4-10(17-2)9(7-8)13(14,15)16/h6-8,13H,9H2,1,3-5H3,(H,21,24);3-4,6-7,20H,5H2,1H3,(H,19,21). The summed E-state index contributed by atoms with van der Waals surface area (Å²) < 4.78 is 77.6. The van der Waals surface area contributed by atoms with Crippen molar-refractivity contribution in [1.82, 2.24) is 5.43 Å². The van der Waals surface area contributed by atoms with Crippen molar-refractivity contribution in [3.05, 3.63) is 70.4 Å². The van der Waals surface area contributed by atoms with Gasteiger partial charge in [-0.2, -0.15) is 41.7 Å². The van der Waals surface area contributed by atoms with Gasteiger partial charge < -0.3 is 10.6 Å². The molecule has 0 aliphatic carbocycles. The molecule has 0 saturated carbocycles. The molecule has 0 aromatic heterocycles. The summed E-state index contributed by atoms with van der Waals surface area (Å²) in [5, 5.41) is 16.9. The molecule has 3 N–H and O–H groups in total. The van der Waals surface area contributed by atoms with Gasteiger partial charge in [-0.15, -0.1) is 0 Å². The molecule has 2 heterocycles. The monoisotopic (exact) mass is 664 g/mol. The molecular weight excluding hydrogens is 634 g/mol. The molecule has 0 bridgehead atoms. The average molecular weight is 665 g/mol. The Morgan fingerprint density at radius 2 is 1.37 bits per heavy atom. The van der Waals surface area contributed by atoms with Crippen LogP contribution in [-0.4, -0.2) is 42.8 Å². The molecule has 2 aromatic rings. The van der Waals surface area contributed by atoms with E-state index in [0.717, 1.165) is 24.3 Å². The van der Waals surface area contributed by atoms with Crippen molar-refractivity contribution in [3.8, 4) is 0 Å². The van der Waals surface area contributed by atoms with Crippen LogP contribution in [0.5, 0.6) is 0 Å². The first-order valence-corrected chi connectivity index (χ1v) is 17.2. The largest absolute Gasteiger partial charge is 0.407 e. The van der Waals surface area contributed by atoms with Gasteiger partial charge in [-0.05, 0) is 38.1 Å². The van der Waals surface area contributed by atoms with Crippen LogP contribution >= 0.6 is 0 Å². The summed E-state index contributed by atoms with van der Waals surface area (Å²) >= 11 is 0. The van der Waals surface area contributed by atoms with Gasteiger partial charge in [0, 0.05) is 30.4 Å². The number of azo groups is 1. The van der Waals surface area contributed by atoms with E-state index in [2.05, 4.69) is 60.7 Å². The van der Waals surface area contributed by atoms with E-state index in [1.807, 2.05) is 0 Å². The Morgan fingerprint density at radius 1 is 0.891 bits per heavy atom. The molecule has 2 amide bonds. The number of hydrazone groups is 1. The van der Waals surface area contributed by atoms with Crippen LogP contribution in [0.25, 0.3) is 9.69 Å². The summed E-state index contributed by atoms with van der Waals surface area (Å²) in [5.74, 6) is -0.996. The summed E-state index contributed by atoms with van der Waals surface area (Å²) in [5.41, 5.74) is -2.67. The van der Waals surface area contributed by atoms with E-state index in [1.54, 1.807) is 13.8 Å². The number of hydrogen-bond donors (Lipinski definition) is 3. The number of nitrogens with zero attached hydrogens (tertiary/aromatic N) is 5. The predicted molar refractivity (Wildman–Crippen MR) is 162 cm³/mol. The zero-order valence-corrected chi connectivity index (χ0v) is 26.4. The fraction of sp³-hybridized carbons (Fsp3) is 0.414. The SMILES string of the molecule is [C-]#[N+]c1ccc(NC(=O)C2(C)CC([Si](C)(C)C)N=N2)cc1C(F)(F)F.[C-]#[N+]c1ccc(NC(=O)C2(C)CC=NN2)cc1C(F)(F)F. The van der Waals surface area contributed by atoms with Crippen LogP contribution in [0.3, 0.4) is 0 Å². The number of hydrogen-bond acceptors (Lipinski definition) is 6. The lowest BCUT2D eigenvalue weighted by molar-refractivity contribution is -0.137. The molecule has 0 saturated heterocycles.